The summed E-state index contributed by atoms with van der Waals surface area (Å²) in [6.07, 6.45) is 6.45. The predicted octanol–water partition coefficient (Wildman–Crippen LogP) is 3.31. The lowest BCUT2D eigenvalue weighted by atomic mass is 10.2. The lowest BCUT2D eigenvalue weighted by Crippen LogP contribution is -2.30. The second-order valence-electron chi connectivity index (χ2n) is 6.10. The summed E-state index contributed by atoms with van der Waals surface area (Å²) in [4.78, 5) is 20.2. The van der Waals surface area contributed by atoms with Crippen molar-refractivity contribution in [2.45, 2.75) is 46.5 Å². The summed E-state index contributed by atoms with van der Waals surface area (Å²) in [5, 5.41) is 12.5. The predicted molar refractivity (Wildman–Crippen MR) is 103 cm³/mol. The van der Waals surface area contributed by atoms with Gasteiger partial charge in [0.1, 0.15) is 0 Å². The maximum absolute atomic E-state index is 12.5. The molecule has 0 aliphatic rings. The van der Waals surface area contributed by atoms with Crippen LogP contribution in [0, 0.1) is 5.21 Å². The van der Waals surface area contributed by atoms with Crippen LogP contribution in [-0.4, -0.2) is 35.8 Å². The molecule has 0 saturated carbocycles. The average Bonchev–Trinajstić information content (AvgIpc) is 2.70. The van der Waals surface area contributed by atoms with E-state index in [1.807, 2.05) is 0 Å². The van der Waals surface area contributed by atoms with E-state index < -0.39 is 5.97 Å². The van der Waals surface area contributed by atoms with Gasteiger partial charge in [-0.3, -0.25) is 0 Å². The fourth-order valence-electron chi connectivity index (χ4n) is 2.34. The van der Waals surface area contributed by atoms with Gasteiger partial charge in [0.25, 0.3) is 5.69 Å². The van der Waals surface area contributed by atoms with E-state index in [1.54, 1.807) is 13.0 Å². The van der Waals surface area contributed by atoms with Crippen molar-refractivity contribution in [3.05, 3.63) is 35.4 Å². The topological polar surface area (TPSA) is 97.5 Å². The fraction of sp³-hybridized carbons (Fsp3) is 0.500. The molecule has 8 heteroatoms. The van der Waals surface area contributed by atoms with E-state index in [1.165, 1.54) is 18.5 Å². The number of hydrogen-bond donors (Lipinski definition) is 0. The van der Waals surface area contributed by atoms with E-state index in [-0.39, 0.29) is 23.8 Å². The molecule has 0 aromatic carbocycles. The molecule has 8 nitrogen and oxygen atoms in total. The van der Waals surface area contributed by atoms with E-state index in [0.717, 1.165) is 25.7 Å². The highest BCUT2D eigenvalue weighted by molar-refractivity contribution is 5.87. The van der Waals surface area contributed by atoms with Gasteiger partial charge in [-0.2, -0.15) is 4.73 Å². The smallest absolute Gasteiger partial charge is 0.357 e. The zero-order chi connectivity index (χ0) is 20.4. The Morgan fingerprint density at radius 2 is 1.79 bits per heavy atom. The molecule has 0 aliphatic carbocycles. The Labute approximate surface area is 165 Å². The van der Waals surface area contributed by atoms with Gasteiger partial charge in [0.2, 0.25) is 17.8 Å². The molecule has 0 amide bonds. The third-order valence-electron chi connectivity index (χ3n) is 3.86. The first-order valence-corrected chi connectivity index (χ1v) is 9.64. The molecule has 0 aliphatic heterocycles. The molecule has 2 aromatic heterocycles. The van der Waals surface area contributed by atoms with Gasteiger partial charge in [-0.15, -0.1) is 0 Å². The maximum atomic E-state index is 12.5. The van der Waals surface area contributed by atoms with Gasteiger partial charge in [0, 0.05) is 6.20 Å². The third-order valence-corrected chi connectivity index (χ3v) is 3.86. The van der Waals surface area contributed by atoms with Crippen LogP contribution in [0.1, 0.15) is 56.9 Å². The minimum Gasteiger partial charge on any atom is -0.618 e. The average molecular weight is 389 g/mol. The Bertz CT molecular complexity index is 782. The molecule has 0 bridgehead atoms. The molecule has 2 rings (SSSR count). The van der Waals surface area contributed by atoms with E-state index in [9.17, 15) is 10.0 Å². The second kappa shape index (κ2) is 11.1. The Hall–Kier alpha value is -2.90. The molecule has 152 valence electrons. The van der Waals surface area contributed by atoms with Crippen LogP contribution >= 0.6 is 0 Å². The number of esters is 1. The summed E-state index contributed by atoms with van der Waals surface area (Å²) >= 11 is 0. The quantitative estimate of drug-likeness (QED) is 0.252. The number of rotatable bonds is 11. The van der Waals surface area contributed by atoms with Gasteiger partial charge in [0.05, 0.1) is 25.9 Å². The zero-order valence-corrected chi connectivity index (χ0v) is 16.6. The molecule has 0 fully saturated rings. The lowest BCUT2D eigenvalue weighted by Gasteiger charge is -2.13. The van der Waals surface area contributed by atoms with Crippen LogP contribution in [-0.2, 0) is 4.74 Å². The molecule has 0 saturated heterocycles. The Balaban J connectivity index is 2.36. The van der Waals surface area contributed by atoms with Crippen LogP contribution < -0.4 is 14.2 Å². The first-order chi connectivity index (χ1) is 13.6. The molecule has 28 heavy (non-hydrogen) atoms. The van der Waals surface area contributed by atoms with E-state index in [2.05, 4.69) is 23.8 Å². The highest BCUT2D eigenvalue weighted by atomic mass is 16.5. The summed E-state index contributed by atoms with van der Waals surface area (Å²) in [6.45, 7) is 7.08. The molecule has 0 spiro atoms. The van der Waals surface area contributed by atoms with Crippen LogP contribution in [0.4, 0.5) is 0 Å². The highest BCUT2D eigenvalue weighted by Crippen LogP contribution is 2.29. The highest BCUT2D eigenvalue weighted by Gasteiger charge is 2.21. The Morgan fingerprint density at radius 1 is 1.11 bits per heavy atom. The third kappa shape index (κ3) is 5.80. The van der Waals surface area contributed by atoms with Crippen molar-refractivity contribution in [3.8, 4) is 23.0 Å². The normalized spacial score (nSPS) is 10.5. The van der Waals surface area contributed by atoms with E-state index in [4.69, 9.17) is 14.2 Å². The summed E-state index contributed by atoms with van der Waals surface area (Å²) in [5.74, 6) is 0.380. The monoisotopic (exact) mass is 389 g/mol. The molecule has 0 unspecified atom stereocenters. The van der Waals surface area contributed by atoms with Crippen molar-refractivity contribution in [2.75, 3.05) is 19.8 Å². The van der Waals surface area contributed by atoms with E-state index >= 15 is 0 Å². The van der Waals surface area contributed by atoms with Gasteiger partial charge in [-0.05, 0) is 25.8 Å². The molecule has 0 N–H and O–H groups in total. The van der Waals surface area contributed by atoms with Crippen molar-refractivity contribution < 1.29 is 23.7 Å². The van der Waals surface area contributed by atoms with E-state index in [0.29, 0.717) is 29.4 Å². The molecule has 0 atom stereocenters. The van der Waals surface area contributed by atoms with Crippen molar-refractivity contribution in [1.29, 1.82) is 0 Å². The zero-order valence-electron chi connectivity index (χ0n) is 16.6. The maximum Gasteiger partial charge on any atom is 0.357 e. The van der Waals surface area contributed by atoms with Crippen LogP contribution in [0.15, 0.2) is 24.5 Å². The van der Waals surface area contributed by atoms with Gasteiger partial charge in [0.15, 0.2) is 11.4 Å². The van der Waals surface area contributed by atoms with Crippen molar-refractivity contribution in [1.82, 2.24) is 9.97 Å². The lowest BCUT2D eigenvalue weighted by molar-refractivity contribution is -0.594. The molecule has 0 radical (unpaired) electrons. The van der Waals surface area contributed by atoms with Crippen molar-refractivity contribution in [3.63, 3.8) is 0 Å². The van der Waals surface area contributed by atoms with Gasteiger partial charge in [-0.25, -0.2) is 14.8 Å². The van der Waals surface area contributed by atoms with Gasteiger partial charge < -0.3 is 19.4 Å². The summed E-state index contributed by atoms with van der Waals surface area (Å²) in [6, 6.07) is 2.99. The number of aromatic nitrogens is 3. The van der Waals surface area contributed by atoms with Crippen molar-refractivity contribution >= 4 is 5.97 Å². The minimum atomic E-state index is -0.567. The van der Waals surface area contributed by atoms with Crippen LogP contribution in [0.5, 0.6) is 11.5 Å². The number of pyridine rings is 1. The number of carbonyl (C=O) groups is 1. The SMILES string of the molecule is CCCCOc1cc(-c2nccc(C(=O)OCC)n2)[n+]([O-])cc1OCCCC. The summed E-state index contributed by atoms with van der Waals surface area (Å²) in [7, 11) is 0. The van der Waals surface area contributed by atoms with Crippen LogP contribution in [0.25, 0.3) is 11.5 Å². The molecule has 2 heterocycles. The van der Waals surface area contributed by atoms with Crippen LogP contribution in [0.3, 0.4) is 0 Å². The Kier molecular flexibility index (Phi) is 8.45. The number of carbonyl (C=O) groups excluding carboxylic acids is 1. The first kappa shape index (κ1) is 21.4. The number of nitrogens with zero attached hydrogens (tertiary/aromatic N) is 3. The fourth-order valence-corrected chi connectivity index (χ4v) is 2.34. The minimum absolute atomic E-state index is 0.0866. The number of ether oxygens (including phenoxy) is 3. The first-order valence-electron chi connectivity index (χ1n) is 9.64. The van der Waals surface area contributed by atoms with Gasteiger partial charge >= 0.3 is 5.97 Å². The standard InChI is InChI=1S/C20H27N3O5/c1-4-7-11-27-17-13-16(23(25)14-18(17)28-12-8-5-2)19-21-10-9-15(22-19)20(24)26-6-3/h9-10,13-14H,4-8,11-12H2,1-3H3. The molecular formula is C20H27N3O5. The number of unbranched alkanes of at least 4 members (excludes halogenated alkanes) is 2. The second-order valence-corrected chi connectivity index (χ2v) is 6.10. The van der Waals surface area contributed by atoms with Crippen LogP contribution in [0.2, 0.25) is 0 Å². The van der Waals surface area contributed by atoms with Crippen molar-refractivity contribution in [2.24, 2.45) is 0 Å². The molecule has 2 aromatic rings. The Morgan fingerprint density at radius 3 is 2.43 bits per heavy atom. The summed E-state index contributed by atoms with van der Waals surface area (Å²) < 4.78 is 17.1. The molecular weight excluding hydrogens is 362 g/mol. The largest absolute Gasteiger partial charge is 0.618 e. The summed E-state index contributed by atoms with van der Waals surface area (Å²) in [5.41, 5.74) is 0.254. The number of hydrogen-bond acceptors (Lipinski definition) is 7. The van der Waals surface area contributed by atoms with Gasteiger partial charge in [-0.1, -0.05) is 26.7 Å².